The molecule has 0 amide bonds. The van der Waals surface area contributed by atoms with Gasteiger partial charge in [-0.05, 0) is 56.4 Å². The van der Waals surface area contributed by atoms with Crippen LogP contribution in [0.3, 0.4) is 0 Å². The molecule has 1 aromatic carbocycles. The number of aromatic amines is 1. The number of rotatable bonds is 6. The van der Waals surface area contributed by atoms with Crippen LogP contribution in [0.5, 0.6) is 0 Å². The maximum atomic E-state index is 12.6. The molecule has 0 bridgehead atoms. The zero-order valence-corrected chi connectivity index (χ0v) is 18.9. The standard InChI is InChI=1S/C24H31N7O/c1-16-6-4-5-7-19(16)29-20-12-13-26-23(32)21(20)22(25)28-18-10-8-17(9-11-18)24(2,3)31-15-14-27-30-31/h8-16,19H,4-7H2,1-3H3,(H2,25,28)(H2,26,29,32)/t16-,19-/m0/s1. The van der Waals surface area contributed by atoms with E-state index in [0.29, 0.717) is 23.2 Å². The van der Waals surface area contributed by atoms with Crippen molar-refractivity contribution in [2.24, 2.45) is 5.92 Å². The molecule has 1 aliphatic carbocycles. The molecular formula is C24H31N7O. The van der Waals surface area contributed by atoms with Crippen LogP contribution in [0.15, 0.2) is 53.7 Å². The van der Waals surface area contributed by atoms with Gasteiger partial charge in [-0.25, -0.2) is 4.68 Å². The Kier molecular flexibility index (Phi) is 6.12. The predicted octanol–water partition coefficient (Wildman–Crippen LogP) is 4.18. The van der Waals surface area contributed by atoms with Crippen molar-refractivity contribution in [3.63, 3.8) is 0 Å². The lowest BCUT2D eigenvalue weighted by molar-refractivity contribution is 0.349. The van der Waals surface area contributed by atoms with Gasteiger partial charge in [0.2, 0.25) is 0 Å². The molecule has 0 saturated heterocycles. The van der Waals surface area contributed by atoms with E-state index in [-0.39, 0.29) is 16.9 Å². The van der Waals surface area contributed by atoms with Crippen LogP contribution in [0.4, 0.5) is 11.4 Å². The topological polar surface area (TPSA) is 111 Å². The summed E-state index contributed by atoms with van der Waals surface area (Å²) in [5.74, 6) is 0.611. The predicted molar refractivity (Wildman–Crippen MR) is 127 cm³/mol. The minimum Gasteiger partial charge on any atom is -0.381 e. The normalized spacial score (nSPS) is 18.8. The zero-order chi connectivity index (χ0) is 22.7. The van der Waals surface area contributed by atoms with Crippen LogP contribution < -0.4 is 16.2 Å². The molecular weight excluding hydrogens is 402 g/mol. The van der Waals surface area contributed by atoms with E-state index >= 15 is 0 Å². The molecule has 2 aromatic heterocycles. The third-order valence-corrected chi connectivity index (χ3v) is 6.52. The Morgan fingerprint density at radius 2 is 1.94 bits per heavy atom. The van der Waals surface area contributed by atoms with Crippen LogP contribution in [0.25, 0.3) is 0 Å². The molecule has 0 aliphatic heterocycles. The zero-order valence-electron chi connectivity index (χ0n) is 18.9. The first kappa shape index (κ1) is 21.8. The highest BCUT2D eigenvalue weighted by Crippen LogP contribution is 2.28. The molecule has 4 N–H and O–H groups in total. The molecule has 2 atom stereocenters. The molecule has 3 aromatic rings. The Balaban J connectivity index is 1.52. The number of pyridine rings is 1. The summed E-state index contributed by atoms with van der Waals surface area (Å²) in [7, 11) is 0. The Morgan fingerprint density at radius 3 is 2.62 bits per heavy atom. The lowest BCUT2D eigenvalue weighted by Gasteiger charge is -2.31. The lowest BCUT2D eigenvalue weighted by atomic mass is 9.85. The Labute approximate surface area is 188 Å². The molecule has 8 nitrogen and oxygen atoms in total. The van der Waals surface area contributed by atoms with E-state index in [9.17, 15) is 4.79 Å². The Bertz CT molecular complexity index is 1120. The summed E-state index contributed by atoms with van der Waals surface area (Å²) < 4.78 is 1.81. The summed E-state index contributed by atoms with van der Waals surface area (Å²) >= 11 is 0. The number of hydrogen-bond acceptors (Lipinski definition) is 5. The third kappa shape index (κ3) is 4.44. The molecule has 1 fully saturated rings. The largest absolute Gasteiger partial charge is 0.381 e. The second-order valence-electron chi connectivity index (χ2n) is 9.09. The highest BCUT2D eigenvalue weighted by Gasteiger charge is 2.25. The monoisotopic (exact) mass is 433 g/mol. The average Bonchev–Trinajstić information content (AvgIpc) is 3.32. The smallest absolute Gasteiger partial charge is 0.261 e. The molecule has 168 valence electrons. The average molecular weight is 434 g/mol. The maximum Gasteiger partial charge on any atom is 0.261 e. The van der Waals surface area contributed by atoms with Crippen LogP contribution in [0.1, 0.15) is 57.6 Å². The van der Waals surface area contributed by atoms with Crippen molar-refractivity contribution in [1.82, 2.24) is 20.0 Å². The second-order valence-corrected chi connectivity index (χ2v) is 9.09. The summed E-state index contributed by atoms with van der Waals surface area (Å²) in [5, 5.41) is 23.3. The Morgan fingerprint density at radius 1 is 1.19 bits per heavy atom. The van der Waals surface area contributed by atoms with E-state index in [2.05, 4.69) is 46.7 Å². The number of aromatic nitrogens is 4. The highest BCUT2D eigenvalue weighted by atomic mass is 16.1. The van der Waals surface area contributed by atoms with Gasteiger partial charge in [-0.15, -0.1) is 5.10 Å². The van der Waals surface area contributed by atoms with E-state index < -0.39 is 0 Å². The molecule has 8 heteroatoms. The molecule has 32 heavy (non-hydrogen) atoms. The van der Waals surface area contributed by atoms with Gasteiger partial charge in [0.1, 0.15) is 11.4 Å². The van der Waals surface area contributed by atoms with Crippen LogP contribution in [-0.2, 0) is 5.54 Å². The second kappa shape index (κ2) is 8.98. The van der Waals surface area contributed by atoms with Gasteiger partial charge >= 0.3 is 0 Å². The summed E-state index contributed by atoms with van der Waals surface area (Å²) in [5.41, 5.74) is 2.21. The van der Waals surface area contributed by atoms with Crippen molar-refractivity contribution in [2.75, 3.05) is 10.6 Å². The van der Waals surface area contributed by atoms with E-state index in [4.69, 9.17) is 5.41 Å². The fourth-order valence-electron chi connectivity index (χ4n) is 4.38. The van der Waals surface area contributed by atoms with Crippen LogP contribution in [-0.4, -0.2) is 31.9 Å². The Hall–Kier alpha value is -3.42. The lowest BCUT2D eigenvalue weighted by Crippen LogP contribution is -2.33. The molecule has 0 spiro atoms. The van der Waals surface area contributed by atoms with Crippen molar-refractivity contribution in [3.05, 3.63) is 70.4 Å². The number of nitrogens with one attached hydrogen (secondary N) is 4. The summed E-state index contributed by atoms with van der Waals surface area (Å²) in [6.07, 6.45) is 9.84. The SMILES string of the molecule is C[C@H]1CCCC[C@@H]1Nc1cc[nH]c(=O)c1C(=N)Nc1ccc(C(C)(C)n2ccnn2)cc1. The minimum absolute atomic E-state index is 0.0705. The van der Waals surface area contributed by atoms with Gasteiger partial charge in [-0.1, -0.05) is 37.1 Å². The van der Waals surface area contributed by atoms with Crippen LogP contribution in [0.2, 0.25) is 0 Å². The molecule has 1 aliphatic rings. The molecule has 0 unspecified atom stereocenters. The first-order valence-corrected chi connectivity index (χ1v) is 11.2. The minimum atomic E-state index is -0.354. The fraction of sp³-hybridized carbons (Fsp3) is 0.417. The number of benzene rings is 1. The first-order valence-electron chi connectivity index (χ1n) is 11.2. The quantitative estimate of drug-likeness (QED) is 0.344. The van der Waals surface area contributed by atoms with Crippen molar-refractivity contribution in [1.29, 1.82) is 5.41 Å². The van der Waals surface area contributed by atoms with Gasteiger partial charge in [0.15, 0.2) is 0 Å². The van der Waals surface area contributed by atoms with Crippen molar-refractivity contribution >= 4 is 17.2 Å². The first-order chi connectivity index (χ1) is 15.4. The van der Waals surface area contributed by atoms with Crippen LogP contribution >= 0.6 is 0 Å². The molecule has 4 rings (SSSR count). The van der Waals surface area contributed by atoms with Crippen molar-refractivity contribution in [3.8, 4) is 0 Å². The fourth-order valence-corrected chi connectivity index (χ4v) is 4.38. The number of amidine groups is 1. The third-order valence-electron chi connectivity index (χ3n) is 6.52. The van der Waals surface area contributed by atoms with E-state index in [1.807, 2.05) is 41.2 Å². The van der Waals surface area contributed by atoms with Crippen LogP contribution in [0, 0.1) is 11.3 Å². The summed E-state index contributed by atoms with van der Waals surface area (Å²) in [6.45, 7) is 6.38. The van der Waals surface area contributed by atoms with Gasteiger partial charge in [0.05, 0.1) is 17.4 Å². The van der Waals surface area contributed by atoms with Gasteiger partial charge in [0, 0.05) is 24.1 Å². The van der Waals surface area contributed by atoms with Gasteiger partial charge in [0.25, 0.3) is 5.56 Å². The molecule has 1 saturated carbocycles. The highest BCUT2D eigenvalue weighted by molar-refractivity contribution is 6.09. The van der Waals surface area contributed by atoms with E-state index in [1.54, 1.807) is 12.4 Å². The number of hydrogen-bond donors (Lipinski definition) is 4. The van der Waals surface area contributed by atoms with Gasteiger partial charge in [-0.3, -0.25) is 10.2 Å². The van der Waals surface area contributed by atoms with Gasteiger partial charge in [-0.2, -0.15) is 0 Å². The van der Waals surface area contributed by atoms with Crippen molar-refractivity contribution in [2.45, 2.75) is 58.0 Å². The summed E-state index contributed by atoms with van der Waals surface area (Å²) in [6, 6.07) is 9.98. The van der Waals surface area contributed by atoms with E-state index in [1.165, 1.54) is 19.3 Å². The number of H-pyrrole nitrogens is 1. The molecule has 2 heterocycles. The van der Waals surface area contributed by atoms with Crippen molar-refractivity contribution < 1.29 is 0 Å². The summed E-state index contributed by atoms with van der Waals surface area (Å²) in [4.78, 5) is 15.3. The number of nitrogens with zero attached hydrogens (tertiary/aromatic N) is 3. The number of anilines is 2. The maximum absolute atomic E-state index is 12.6. The van der Waals surface area contributed by atoms with Gasteiger partial charge < -0.3 is 15.6 Å². The molecule has 0 radical (unpaired) electrons. The van der Waals surface area contributed by atoms with E-state index in [0.717, 1.165) is 17.7 Å².